The van der Waals surface area contributed by atoms with E-state index >= 15 is 0 Å². The lowest BCUT2D eigenvalue weighted by Gasteiger charge is -2.39. The molecule has 0 saturated heterocycles. The highest BCUT2D eigenvalue weighted by Crippen LogP contribution is 2.23. The van der Waals surface area contributed by atoms with Gasteiger partial charge in [-0.1, -0.05) is 48.5 Å². The first kappa shape index (κ1) is 18.9. The molecule has 1 atom stereocenters. The molecule has 0 rings (SSSR count). The van der Waals surface area contributed by atoms with Crippen LogP contribution in [0.1, 0.15) is 61.8 Å². The zero-order valence-corrected chi connectivity index (χ0v) is 14.7. The van der Waals surface area contributed by atoms with E-state index in [1.807, 2.05) is 0 Å². The van der Waals surface area contributed by atoms with Gasteiger partial charge in [0.2, 0.25) is 0 Å². The number of nitrogens with zero attached hydrogens (tertiary/aromatic N) is 1. The largest absolute Gasteiger partial charge is 0.314 e. The smallest absolute Gasteiger partial charge is 0.0102 e. The van der Waals surface area contributed by atoms with E-state index in [1.165, 1.54) is 26.1 Å². The average Bonchev–Trinajstić information content (AvgIpc) is 2.22. The average molecular weight is 271 g/mol. The predicted octanol–water partition coefficient (Wildman–Crippen LogP) is 4.01. The Kier molecular flexibility index (Phi) is 8.93. The van der Waals surface area contributed by atoms with Gasteiger partial charge in [0.25, 0.3) is 0 Å². The molecule has 0 aromatic carbocycles. The molecule has 19 heavy (non-hydrogen) atoms. The van der Waals surface area contributed by atoms with Crippen LogP contribution in [0.15, 0.2) is 0 Å². The van der Waals surface area contributed by atoms with Crippen molar-refractivity contribution in [1.29, 1.82) is 0 Å². The molecular weight excluding hydrogens is 232 g/mol. The first-order chi connectivity index (χ1) is 8.69. The molecule has 2 heteroatoms. The third-order valence-corrected chi connectivity index (χ3v) is 3.75. The maximum absolute atomic E-state index is 3.66. The molecule has 0 heterocycles. The summed E-state index contributed by atoms with van der Waals surface area (Å²) in [5.41, 5.74) is 0.318. The Labute approximate surface area is 122 Å². The van der Waals surface area contributed by atoms with Gasteiger partial charge in [-0.05, 0) is 37.1 Å². The second-order valence-corrected chi connectivity index (χ2v) is 7.65. The van der Waals surface area contributed by atoms with Gasteiger partial charge in [0, 0.05) is 25.7 Å². The Morgan fingerprint density at radius 1 is 0.947 bits per heavy atom. The molecule has 1 unspecified atom stereocenters. The van der Waals surface area contributed by atoms with Crippen LogP contribution in [0.5, 0.6) is 0 Å². The number of hydrogen-bond acceptors (Lipinski definition) is 2. The highest BCUT2D eigenvalue weighted by molar-refractivity contribution is 4.84. The summed E-state index contributed by atoms with van der Waals surface area (Å²) < 4.78 is 0. The van der Waals surface area contributed by atoms with E-state index in [1.54, 1.807) is 0 Å². The Hall–Kier alpha value is -0.0800. The first-order valence-electron chi connectivity index (χ1n) is 8.14. The van der Waals surface area contributed by atoms with Crippen LogP contribution in [0.4, 0.5) is 0 Å². The Morgan fingerprint density at radius 3 is 1.79 bits per heavy atom. The van der Waals surface area contributed by atoms with Crippen LogP contribution < -0.4 is 5.32 Å². The van der Waals surface area contributed by atoms with Crippen molar-refractivity contribution in [3.63, 3.8) is 0 Å². The summed E-state index contributed by atoms with van der Waals surface area (Å²) in [5.74, 6) is 1.49. The monoisotopic (exact) mass is 270 g/mol. The lowest BCUT2D eigenvalue weighted by atomic mass is 9.84. The lowest BCUT2D eigenvalue weighted by Crippen LogP contribution is -2.48. The zero-order chi connectivity index (χ0) is 15.1. The van der Waals surface area contributed by atoms with E-state index in [4.69, 9.17) is 0 Å². The van der Waals surface area contributed by atoms with E-state index in [0.29, 0.717) is 11.5 Å². The maximum Gasteiger partial charge on any atom is 0.0102 e. The summed E-state index contributed by atoms with van der Waals surface area (Å²) in [7, 11) is 0. The third kappa shape index (κ3) is 8.65. The van der Waals surface area contributed by atoms with Gasteiger partial charge in [-0.25, -0.2) is 0 Å². The van der Waals surface area contributed by atoms with Gasteiger partial charge >= 0.3 is 0 Å². The second-order valence-electron chi connectivity index (χ2n) is 7.65. The minimum atomic E-state index is 0.318. The molecule has 0 aliphatic carbocycles. The zero-order valence-electron chi connectivity index (χ0n) is 14.7. The molecular formula is C17H38N2. The standard InChI is InChI=1S/C17H38N2/c1-9-10-18-16(6)17(7,8)13-19(11-14(2)3)12-15(4)5/h14-16,18H,9-13H2,1-8H3. The van der Waals surface area contributed by atoms with E-state index in [2.05, 4.69) is 65.6 Å². The fourth-order valence-electron chi connectivity index (χ4n) is 2.59. The molecule has 116 valence electrons. The third-order valence-electron chi connectivity index (χ3n) is 3.75. The number of rotatable bonds is 10. The van der Waals surface area contributed by atoms with Crippen LogP contribution in [0.3, 0.4) is 0 Å². The molecule has 0 amide bonds. The van der Waals surface area contributed by atoms with Gasteiger partial charge in [0.15, 0.2) is 0 Å². The second kappa shape index (κ2) is 8.97. The minimum absolute atomic E-state index is 0.318. The van der Waals surface area contributed by atoms with Gasteiger partial charge in [0.1, 0.15) is 0 Å². The summed E-state index contributed by atoms with van der Waals surface area (Å²) >= 11 is 0. The molecule has 0 spiro atoms. The molecule has 0 aromatic rings. The lowest BCUT2D eigenvalue weighted by molar-refractivity contribution is 0.121. The Morgan fingerprint density at radius 2 is 1.42 bits per heavy atom. The summed E-state index contributed by atoms with van der Waals surface area (Å²) in [4.78, 5) is 2.65. The van der Waals surface area contributed by atoms with Crippen LogP contribution in [0.25, 0.3) is 0 Å². The van der Waals surface area contributed by atoms with Crippen molar-refractivity contribution in [1.82, 2.24) is 10.2 Å². The molecule has 1 N–H and O–H groups in total. The van der Waals surface area contributed by atoms with Gasteiger partial charge in [0.05, 0.1) is 0 Å². The highest BCUT2D eigenvalue weighted by atomic mass is 15.1. The predicted molar refractivity (Wildman–Crippen MR) is 87.7 cm³/mol. The van der Waals surface area contributed by atoms with Crippen molar-refractivity contribution in [2.75, 3.05) is 26.2 Å². The van der Waals surface area contributed by atoms with E-state index in [0.717, 1.165) is 18.4 Å². The van der Waals surface area contributed by atoms with Crippen molar-refractivity contribution >= 4 is 0 Å². The summed E-state index contributed by atoms with van der Waals surface area (Å²) in [6, 6.07) is 0.564. The van der Waals surface area contributed by atoms with Crippen molar-refractivity contribution in [2.24, 2.45) is 17.3 Å². The van der Waals surface area contributed by atoms with E-state index in [-0.39, 0.29) is 0 Å². The fraction of sp³-hybridized carbons (Fsp3) is 1.00. The summed E-state index contributed by atoms with van der Waals surface area (Å²) in [6.45, 7) is 23.4. The van der Waals surface area contributed by atoms with Crippen LogP contribution in [0.2, 0.25) is 0 Å². The van der Waals surface area contributed by atoms with Crippen molar-refractivity contribution in [3.8, 4) is 0 Å². The van der Waals surface area contributed by atoms with Gasteiger partial charge in [-0.3, -0.25) is 0 Å². The van der Waals surface area contributed by atoms with E-state index < -0.39 is 0 Å². The quantitative estimate of drug-likeness (QED) is 0.645. The fourth-order valence-corrected chi connectivity index (χ4v) is 2.59. The Bertz CT molecular complexity index is 211. The van der Waals surface area contributed by atoms with Crippen LogP contribution in [0, 0.1) is 17.3 Å². The van der Waals surface area contributed by atoms with Gasteiger partial charge in [-0.2, -0.15) is 0 Å². The van der Waals surface area contributed by atoms with Crippen molar-refractivity contribution < 1.29 is 0 Å². The van der Waals surface area contributed by atoms with Crippen LogP contribution >= 0.6 is 0 Å². The molecule has 2 nitrogen and oxygen atoms in total. The molecule has 0 aromatic heterocycles. The first-order valence-corrected chi connectivity index (χ1v) is 8.14. The SMILES string of the molecule is CCCNC(C)C(C)(C)CN(CC(C)C)CC(C)C. The van der Waals surface area contributed by atoms with Gasteiger partial charge in [-0.15, -0.1) is 0 Å². The molecule has 0 bridgehead atoms. The summed E-state index contributed by atoms with van der Waals surface area (Å²) in [6.07, 6.45) is 1.21. The van der Waals surface area contributed by atoms with Crippen LogP contribution in [-0.4, -0.2) is 37.1 Å². The van der Waals surface area contributed by atoms with Crippen molar-refractivity contribution in [3.05, 3.63) is 0 Å². The molecule has 0 saturated carbocycles. The molecule has 0 fully saturated rings. The highest BCUT2D eigenvalue weighted by Gasteiger charge is 2.28. The number of nitrogens with one attached hydrogen (secondary N) is 1. The topological polar surface area (TPSA) is 15.3 Å². The van der Waals surface area contributed by atoms with Crippen molar-refractivity contribution in [2.45, 2.75) is 67.9 Å². The minimum Gasteiger partial charge on any atom is -0.314 e. The van der Waals surface area contributed by atoms with E-state index in [9.17, 15) is 0 Å². The van der Waals surface area contributed by atoms with Crippen LogP contribution in [-0.2, 0) is 0 Å². The molecule has 0 aliphatic heterocycles. The Balaban J connectivity index is 4.51. The molecule has 0 radical (unpaired) electrons. The molecule has 0 aliphatic rings. The normalized spacial score (nSPS) is 14.7. The van der Waals surface area contributed by atoms with Gasteiger partial charge < -0.3 is 10.2 Å². The number of hydrogen-bond donors (Lipinski definition) is 1. The summed E-state index contributed by atoms with van der Waals surface area (Å²) in [5, 5.41) is 3.66. The maximum atomic E-state index is 3.66.